The van der Waals surface area contributed by atoms with Crippen LogP contribution in [0, 0.1) is 0 Å². The molecule has 3 aliphatic rings. The van der Waals surface area contributed by atoms with Gasteiger partial charge in [-0.15, -0.1) is 0 Å². The fourth-order valence-corrected chi connectivity index (χ4v) is 3.27. The molecule has 3 rings (SSSR count). The number of ether oxygens (including phenoxy) is 1. The maximum atomic E-state index is 5.40. The lowest BCUT2D eigenvalue weighted by Gasteiger charge is -2.39. The molecule has 0 spiro atoms. The Labute approximate surface area is 85.8 Å². The predicted octanol–water partition coefficient (Wildman–Crippen LogP) is 0.602. The van der Waals surface area contributed by atoms with Gasteiger partial charge in [-0.1, -0.05) is 0 Å². The zero-order chi connectivity index (χ0) is 9.38. The molecule has 0 aromatic heterocycles. The van der Waals surface area contributed by atoms with E-state index in [-0.39, 0.29) is 0 Å². The van der Waals surface area contributed by atoms with Gasteiger partial charge in [0.2, 0.25) is 0 Å². The highest BCUT2D eigenvalue weighted by molar-refractivity contribution is 4.95. The first kappa shape index (κ1) is 9.13. The normalized spacial score (nSPS) is 44.1. The first-order valence-corrected chi connectivity index (χ1v) is 5.99. The average Bonchev–Trinajstić information content (AvgIpc) is 2.59. The topological polar surface area (TPSA) is 24.5 Å². The highest BCUT2D eigenvalue weighted by atomic mass is 16.5. The lowest BCUT2D eigenvalue weighted by molar-refractivity contribution is 0.00568. The molecule has 80 valence electrons. The highest BCUT2D eigenvalue weighted by Crippen LogP contribution is 2.29. The van der Waals surface area contributed by atoms with Crippen molar-refractivity contribution in [1.82, 2.24) is 10.2 Å². The van der Waals surface area contributed by atoms with Crippen LogP contribution in [0.2, 0.25) is 0 Å². The Kier molecular flexibility index (Phi) is 2.48. The summed E-state index contributed by atoms with van der Waals surface area (Å²) in [5.74, 6) is 0. The fraction of sp³-hybridized carbons (Fsp3) is 1.00. The standard InChI is InChI=1S/C11H20N2O/c1-2-10-8-11(7-9(1)12-10)13-3-5-14-6-4-13/h9-12H,1-8H2/t9-,10-/m1/s1. The van der Waals surface area contributed by atoms with Gasteiger partial charge in [-0.05, 0) is 25.7 Å². The lowest BCUT2D eigenvalue weighted by Crippen LogP contribution is -2.51. The lowest BCUT2D eigenvalue weighted by atomic mass is 9.98. The van der Waals surface area contributed by atoms with E-state index in [0.717, 1.165) is 44.4 Å². The minimum Gasteiger partial charge on any atom is -0.379 e. The van der Waals surface area contributed by atoms with E-state index < -0.39 is 0 Å². The highest BCUT2D eigenvalue weighted by Gasteiger charge is 2.36. The Morgan fingerprint density at radius 1 is 1.00 bits per heavy atom. The summed E-state index contributed by atoms with van der Waals surface area (Å²) >= 11 is 0. The molecule has 1 N–H and O–H groups in total. The van der Waals surface area contributed by atoms with Crippen LogP contribution in [-0.4, -0.2) is 49.3 Å². The maximum Gasteiger partial charge on any atom is 0.0594 e. The molecule has 2 bridgehead atoms. The number of fused-ring (bicyclic) bond motifs is 2. The molecule has 0 aromatic carbocycles. The molecule has 3 aliphatic heterocycles. The molecule has 0 aliphatic carbocycles. The quantitative estimate of drug-likeness (QED) is 0.665. The summed E-state index contributed by atoms with van der Waals surface area (Å²) in [6, 6.07) is 2.49. The monoisotopic (exact) mass is 196 g/mol. The summed E-state index contributed by atoms with van der Waals surface area (Å²) in [4.78, 5) is 2.65. The first-order valence-electron chi connectivity index (χ1n) is 5.99. The van der Waals surface area contributed by atoms with Crippen LogP contribution in [0.15, 0.2) is 0 Å². The molecular formula is C11H20N2O. The van der Waals surface area contributed by atoms with Gasteiger partial charge in [0.15, 0.2) is 0 Å². The van der Waals surface area contributed by atoms with Gasteiger partial charge >= 0.3 is 0 Å². The van der Waals surface area contributed by atoms with Crippen LogP contribution < -0.4 is 5.32 Å². The molecule has 14 heavy (non-hydrogen) atoms. The average molecular weight is 196 g/mol. The van der Waals surface area contributed by atoms with E-state index in [4.69, 9.17) is 4.74 Å². The molecule has 0 aromatic rings. The van der Waals surface area contributed by atoms with Gasteiger partial charge in [0.25, 0.3) is 0 Å². The van der Waals surface area contributed by atoms with Gasteiger partial charge in [-0.2, -0.15) is 0 Å². The third kappa shape index (κ3) is 1.69. The number of hydrogen-bond acceptors (Lipinski definition) is 3. The van der Waals surface area contributed by atoms with E-state index in [2.05, 4.69) is 10.2 Å². The van der Waals surface area contributed by atoms with Crippen molar-refractivity contribution in [3.63, 3.8) is 0 Å². The molecule has 2 atom stereocenters. The van der Waals surface area contributed by atoms with Crippen LogP contribution in [-0.2, 0) is 4.74 Å². The van der Waals surface area contributed by atoms with Crippen molar-refractivity contribution in [3.05, 3.63) is 0 Å². The van der Waals surface area contributed by atoms with E-state index in [1.54, 1.807) is 0 Å². The van der Waals surface area contributed by atoms with Gasteiger partial charge < -0.3 is 10.1 Å². The summed E-state index contributed by atoms with van der Waals surface area (Å²) in [6.07, 6.45) is 5.56. The Balaban J connectivity index is 1.61. The number of piperidine rings is 1. The van der Waals surface area contributed by atoms with Crippen LogP contribution in [0.5, 0.6) is 0 Å². The predicted molar refractivity (Wildman–Crippen MR) is 55.4 cm³/mol. The second-order valence-electron chi connectivity index (χ2n) is 4.91. The van der Waals surface area contributed by atoms with Gasteiger partial charge in [-0.25, -0.2) is 0 Å². The smallest absolute Gasteiger partial charge is 0.0594 e. The van der Waals surface area contributed by atoms with Crippen molar-refractivity contribution in [3.8, 4) is 0 Å². The zero-order valence-electron chi connectivity index (χ0n) is 8.74. The number of nitrogens with zero attached hydrogens (tertiary/aromatic N) is 1. The van der Waals surface area contributed by atoms with E-state index in [1.807, 2.05) is 0 Å². The van der Waals surface area contributed by atoms with E-state index in [0.29, 0.717) is 0 Å². The third-order valence-electron chi connectivity index (χ3n) is 4.01. The van der Waals surface area contributed by atoms with E-state index >= 15 is 0 Å². The molecule has 0 saturated carbocycles. The van der Waals surface area contributed by atoms with Crippen molar-refractivity contribution in [2.24, 2.45) is 0 Å². The van der Waals surface area contributed by atoms with Crippen molar-refractivity contribution < 1.29 is 4.74 Å². The van der Waals surface area contributed by atoms with Crippen LogP contribution in [0.1, 0.15) is 25.7 Å². The Morgan fingerprint density at radius 2 is 1.64 bits per heavy atom. The van der Waals surface area contributed by atoms with Crippen molar-refractivity contribution >= 4 is 0 Å². The van der Waals surface area contributed by atoms with E-state index in [1.165, 1.54) is 25.7 Å². The fourth-order valence-electron chi connectivity index (χ4n) is 3.27. The van der Waals surface area contributed by atoms with Crippen molar-refractivity contribution in [2.45, 2.75) is 43.8 Å². The Hall–Kier alpha value is -0.120. The van der Waals surface area contributed by atoms with Gasteiger partial charge in [-0.3, -0.25) is 4.90 Å². The van der Waals surface area contributed by atoms with Gasteiger partial charge in [0.05, 0.1) is 13.2 Å². The second-order valence-corrected chi connectivity index (χ2v) is 4.91. The summed E-state index contributed by atoms with van der Waals surface area (Å²) in [6.45, 7) is 4.20. The number of rotatable bonds is 1. The molecule has 0 amide bonds. The largest absolute Gasteiger partial charge is 0.379 e. The molecule has 3 fully saturated rings. The zero-order valence-corrected chi connectivity index (χ0v) is 8.74. The minimum absolute atomic E-state index is 0.821. The Bertz CT molecular complexity index is 191. The Morgan fingerprint density at radius 3 is 2.29 bits per heavy atom. The van der Waals surface area contributed by atoms with Crippen LogP contribution >= 0.6 is 0 Å². The summed E-state index contributed by atoms with van der Waals surface area (Å²) in [5, 5.41) is 3.70. The maximum absolute atomic E-state index is 5.40. The summed E-state index contributed by atoms with van der Waals surface area (Å²) < 4.78 is 5.40. The SMILES string of the molecule is C1CN(C2C[C@H]3CC[C@H](C2)N3)CCO1. The second kappa shape index (κ2) is 3.80. The molecule has 3 heterocycles. The number of nitrogens with one attached hydrogen (secondary N) is 1. The first-order chi connectivity index (χ1) is 6.92. The molecule has 3 saturated heterocycles. The molecular weight excluding hydrogens is 176 g/mol. The number of hydrogen-bond donors (Lipinski definition) is 1. The van der Waals surface area contributed by atoms with Gasteiger partial charge in [0, 0.05) is 31.2 Å². The summed E-state index contributed by atoms with van der Waals surface area (Å²) in [7, 11) is 0. The van der Waals surface area contributed by atoms with Crippen LogP contribution in [0.25, 0.3) is 0 Å². The molecule has 0 unspecified atom stereocenters. The van der Waals surface area contributed by atoms with Crippen LogP contribution in [0.3, 0.4) is 0 Å². The number of morpholine rings is 1. The van der Waals surface area contributed by atoms with Crippen molar-refractivity contribution in [1.29, 1.82) is 0 Å². The van der Waals surface area contributed by atoms with Crippen molar-refractivity contribution in [2.75, 3.05) is 26.3 Å². The minimum atomic E-state index is 0.821. The molecule has 0 radical (unpaired) electrons. The molecule has 3 nitrogen and oxygen atoms in total. The summed E-state index contributed by atoms with van der Waals surface area (Å²) in [5.41, 5.74) is 0. The van der Waals surface area contributed by atoms with Gasteiger partial charge in [0.1, 0.15) is 0 Å². The third-order valence-corrected chi connectivity index (χ3v) is 4.01. The van der Waals surface area contributed by atoms with E-state index in [9.17, 15) is 0 Å². The van der Waals surface area contributed by atoms with Crippen LogP contribution in [0.4, 0.5) is 0 Å². The molecule has 3 heteroatoms.